The van der Waals surface area contributed by atoms with Gasteiger partial charge in [-0.3, -0.25) is 4.79 Å². The highest BCUT2D eigenvalue weighted by Gasteiger charge is 2.52. The molecule has 0 radical (unpaired) electrons. The smallest absolute Gasteiger partial charge is 0.468 e. The van der Waals surface area contributed by atoms with Crippen LogP contribution in [0.15, 0.2) is 24.3 Å². The van der Waals surface area contributed by atoms with Crippen LogP contribution in [-0.2, 0) is 24.3 Å². The van der Waals surface area contributed by atoms with Crippen molar-refractivity contribution in [2.24, 2.45) is 5.41 Å². The van der Waals surface area contributed by atoms with Gasteiger partial charge in [0.2, 0.25) is 0 Å². The Balaban J connectivity index is 2.50. The number of hydrogen-bond donors (Lipinski definition) is 1. The standard InChI is InChI=1S/C23H37BO5/c1-20(2,16-25)13-10-14-23(7,19(26)27-8)17-11-9-12-18(15-17)24-28-21(3,4)22(5,6)29-24/h9,11-12,15,25H,10,13-14,16H2,1-8H3/i7D3. The summed E-state index contributed by atoms with van der Waals surface area (Å²) in [7, 11) is 0.527. The molecule has 6 heteroatoms. The maximum absolute atomic E-state index is 13.1. The summed E-state index contributed by atoms with van der Waals surface area (Å²) in [6, 6.07) is 6.86. The Labute approximate surface area is 180 Å². The minimum Gasteiger partial charge on any atom is -0.468 e. The Morgan fingerprint density at radius 3 is 2.34 bits per heavy atom. The Kier molecular flexibility index (Phi) is 5.68. The lowest BCUT2D eigenvalue weighted by Gasteiger charge is -2.32. The molecule has 5 nitrogen and oxygen atoms in total. The van der Waals surface area contributed by atoms with Gasteiger partial charge >= 0.3 is 13.1 Å². The number of ether oxygens (including phenoxy) is 1. The summed E-state index contributed by atoms with van der Waals surface area (Å²) in [5.41, 5.74) is -2.32. The maximum atomic E-state index is 13.1. The molecule has 1 aliphatic rings. The van der Waals surface area contributed by atoms with E-state index >= 15 is 0 Å². The SMILES string of the molecule is [2H]C([2H])([2H])C(CCCC(C)(C)CO)(C(=O)OC)c1cccc(B2OC(C)(C)C(C)(C)O2)c1. The number of carbonyl (C=O) groups excluding carboxylic acids is 1. The molecule has 1 heterocycles. The second kappa shape index (κ2) is 8.40. The van der Waals surface area contributed by atoms with Crippen LogP contribution in [-0.4, -0.2) is 43.1 Å². The number of hydrogen-bond acceptors (Lipinski definition) is 5. The molecule has 162 valence electrons. The van der Waals surface area contributed by atoms with Crippen molar-refractivity contribution in [1.82, 2.24) is 0 Å². The Morgan fingerprint density at radius 1 is 1.21 bits per heavy atom. The minimum absolute atomic E-state index is 0.0244. The van der Waals surface area contributed by atoms with Crippen LogP contribution in [0.5, 0.6) is 0 Å². The summed E-state index contributed by atoms with van der Waals surface area (Å²) in [6.07, 6.45) is 1.06. The van der Waals surface area contributed by atoms with Crippen LogP contribution >= 0.6 is 0 Å². The van der Waals surface area contributed by atoms with Crippen molar-refractivity contribution >= 4 is 18.6 Å². The number of aliphatic hydroxyl groups is 1. The fraction of sp³-hybridized carbons (Fsp3) is 0.696. The lowest BCUT2D eigenvalue weighted by atomic mass is 9.72. The molecule has 1 saturated heterocycles. The summed E-state index contributed by atoms with van der Waals surface area (Å²) in [6.45, 7) is 8.92. The average molecular weight is 407 g/mol. The quantitative estimate of drug-likeness (QED) is 0.527. The number of aliphatic hydroxyl groups excluding tert-OH is 1. The Morgan fingerprint density at radius 2 is 1.83 bits per heavy atom. The molecule has 1 aromatic rings. The highest BCUT2D eigenvalue weighted by atomic mass is 16.7. The summed E-state index contributed by atoms with van der Waals surface area (Å²) in [5, 5.41) is 9.57. The molecule has 1 N–H and O–H groups in total. The molecule has 0 saturated carbocycles. The van der Waals surface area contributed by atoms with E-state index in [0.29, 0.717) is 23.9 Å². The third kappa shape index (κ3) is 5.04. The van der Waals surface area contributed by atoms with E-state index in [1.165, 1.54) is 7.11 Å². The molecule has 2 rings (SSSR count). The zero-order chi connectivity index (χ0) is 24.6. The first kappa shape index (κ1) is 19.6. The second-order valence-electron chi connectivity index (χ2n) is 9.79. The highest BCUT2D eigenvalue weighted by Crippen LogP contribution is 2.37. The van der Waals surface area contributed by atoms with E-state index in [9.17, 15) is 9.90 Å². The van der Waals surface area contributed by atoms with Crippen LogP contribution in [0.2, 0.25) is 0 Å². The first-order valence-corrected chi connectivity index (χ1v) is 10.2. The van der Waals surface area contributed by atoms with Crippen molar-refractivity contribution in [2.45, 2.75) is 84.3 Å². The molecule has 1 aromatic carbocycles. The second-order valence-corrected chi connectivity index (χ2v) is 9.79. The highest BCUT2D eigenvalue weighted by molar-refractivity contribution is 6.62. The molecule has 0 spiro atoms. The molecule has 29 heavy (non-hydrogen) atoms. The van der Waals surface area contributed by atoms with Crippen LogP contribution < -0.4 is 5.46 Å². The summed E-state index contributed by atoms with van der Waals surface area (Å²) < 4.78 is 42.2. The zero-order valence-corrected chi connectivity index (χ0v) is 18.8. The third-order valence-electron chi connectivity index (χ3n) is 6.27. The lowest BCUT2D eigenvalue weighted by Crippen LogP contribution is -2.41. The van der Waals surface area contributed by atoms with E-state index in [1.807, 2.05) is 47.6 Å². The molecular weight excluding hydrogens is 367 g/mol. The van der Waals surface area contributed by atoms with Gasteiger partial charge in [0.05, 0.1) is 23.7 Å². The molecular formula is C23H37BO5. The van der Waals surface area contributed by atoms with Gasteiger partial charge in [-0.05, 0) is 63.8 Å². The van der Waals surface area contributed by atoms with Crippen LogP contribution in [0.25, 0.3) is 0 Å². The van der Waals surface area contributed by atoms with Gasteiger partial charge in [-0.15, -0.1) is 0 Å². The van der Waals surface area contributed by atoms with Crippen LogP contribution in [0.3, 0.4) is 0 Å². The number of benzene rings is 1. The van der Waals surface area contributed by atoms with Gasteiger partial charge in [0.15, 0.2) is 0 Å². The van der Waals surface area contributed by atoms with E-state index in [4.69, 9.17) is 18.2 Å². The summed E-state index contributed by atoms with van der Waals surface area (Å²) >= 11 is 0. The topological polar surface area (TPSA) is 65.0 Å². The predicted octanol–water partition coefficient (Wildman–Crippen LogP) is 3.61. The van der Waals surface area contributed by atoms with E-state index < -0.39 is 36.6 Å². The number of carbonyl (C=O) groups is 1. The van der Waals surface area contributed by atoms with Crippen molar-refractivity contribution in [3.63, 3.8) is 0 Å². The van der Waals surface area contributed by atoms with Crippen molar-refractivity contribution < 1.29 is 28.1 Å². The number of esters is 1. The number of rotatable bonds is 8. The molecule has 1 unspecified atom stereocenters. The van der Waals surface area contributed by atoms with Gasteiger partial charge in [0.25, 0.3) is 0 Å². The van der Waals surface area contributed by atoms with Crippen molar-refractivity contribution in [3.8, 4) is 0 Å². The number of methoxy groups -OCH3 is 1. The van der Waals surface area contributed by atoms with Gasteiger partial charge in [-0.25, -0.2) is 0 Å². The largest absolute Gasteiger partial charge is 0.494 e. The molecule has 0 aliphatic carbocycles. The van der Waals surface area contributed by atoms with E-state index in [-0.39, 0.29) is 18.4 Å². The zero-order valence-electron chi connectivity index (χ0n) is 21.8. The van der Waals surface area contributed by atoms with Crippen molar-refractivity contribution in [1.29, 1.82) is 0 Å². The minimum atomic E-state index is -2.64. The predicted molar refractivity (Wildman–Crippen MR) is 116 cm³/mol. The van der Waals surface area contributed by atoms with Crippen molar-refractivity contribution in [3.05, 3.63) is 29.8 Å². The molecule has 0 amide bonds. The lowest BCUT2D eigenvalue weighted by molar-refractivity contribution is -0.147. The Bertz CT molecular complexity index is 806. The monoisotopic (exact) mass is 407 g/mol. The van der Waals surface area contributed by atoms with Crippen LogP contribution in [0.1, 0.15) is 77.3 Å². The first-order chi connectivity index (χ1) is 14.5. The average Bonchev–Trinajstić information content (AvgIpc) is 2.91. The van der Waals surface area contributed by atoms with Gasteiger partial charge in [-0.1, -0.05) is 44.5 Å². The van der Waals surface area contributed by atoms with Crippen molar-refractivity contribution in [2.75, 3.05) is 13.7 Å². The molecule has 1 fully saturated rings. The maximum Gasteiger partial charge on any atom is 0.494 e. The molecule has 1 atom stereocenters. The van der Waals surface area contributed by atoms with Gasteiger partial charge < -0.3 is 19.2 Å². The Hall–Kier alpha value is -1.37. The molecule has 0 bridgehead atoms. The van der Waals surface area contributed by atoms with E-state index in [1.54, 1.807) is 18.2 Å². The first-order valence-electron chi connectivity index (χ1n) is 11.7. The van der Waals surface area contributed by atoms with Crippen LogP contribution in [0.4, 0.5) is 0 Å². The normalized spacial score (nSPS) is 22.3. The third-order valence-corrected chi connectivity index (χ3v) is 6.27. The molecule has 0 aromatic heterocycles. The van der Waals surface area contributed by atoms with Gasteiger partial charge in [-0.2, -0.15) is 0 Å². The fourth-order valence-corrected chi connectivity index (χ4v) is 3.38. The van der Waals surface area contributed by atoms with Crippen LogP contribution in [0, 0.1) is 5.41 Å². The summed E-state index contributed by atoms with van der Waals surface area (Å²) in [5.74, 6) is -0.801. The fourth-order valence-electron chi connectivity index (χ4n) is 3.38. The van der Waals surface area contributed by atoms with Gasteiger partial charge in [0, 0.05) is 10.7 Å². The van der Waals surface area contributed by atoms with Gasteiger partial charge in [0.1, 0.15) is 0 Å². The molecule has 1 aliphatic heterocycles. The summed E-state index contributed by atoms with van der Waals surface area (Å²) in [4.78, 5) is 13.1. The van der Waals surface area contributed by atoms with E-state index in [2.05, 4.69) is 0 Å². The van der Waals surface area contributed by atoms with E-state index in [0.717, 1.165) is 0 Å².